The number of nitrogens with one attached hydrogen (secondary N) is 2. The second-order valence-electron chi connectivity index (χ2n) is 6.86. The second kappa shape index (κ2) is 9.89. The van der Waals surface area contributed by atoms with Gasteiger partial charge in [0.1, 0.15) is 23.9 Å². The topological polar surface area (TPSA) is 79.4 Å². The Labute approximate surface area is 188 Å². The molecule has 4 rings (SSSR count). The van der Waals surface area contributed by atoms with E-state index in [4.69, 9.17) is 16.3 Å². The average Bonchev–Trinajstić information content (AvgIpc) is 3.31. The number of amides is 1. The van der Waals surface area contributed by atoms with E-state index >= 15 is 0 Å². The number of hydrazone groups is 1. The third-order valence-corrected chi connectivity index (χ3v) is 4.79. The minimum Gasteiger partial charge on any atom is -0.489 e. The van der Waals surface area contributed by atoms with Crippen molar-refractivity contribution in [3.05, 3.63) is 107 Å². The SMILES string of the molecule is O=C(N/N=C/c1ccc(F)cc1)c1cc(-c2ccc(OCc3ccc(Cl)cc3)cc2)n[nH]1. The molecule has 0 atom stereocenters. The van der Waals surface area contributed by atoms with Gasteiger partial charge in [-0.2, -0.15) is 10.2 Å². The van der Waals surface area contributed by atoms with Crippen LogP contribution in [0.25, 0.3) is 11.3 Å². The fourth-order valence-electron chi connectivity index (χ4n) is 2.83. The Hall–Kier alpha value is -3.97. The van der Waals surface area contributed by atoms with Crippen LogP contribution in [0.3, 0.4) is 0 Å². The summed E-state index contributed by atoms with van der Waals surface area (Å²) in [6.07, 6.45) is 1.43. The van der Waals surface area contributed by atoms with Crippen molar-refractivity contribution in [2.75, 3.05) is 0 Å². The molecule has 160 valence electrons. The second-order valence-corrected chi connectivity index (χ2v) is 7.29. The standard InChI is InChI=1S/C24H18ClFN4O2/c25-19-7-1-17(2-8-19)15-32-21-11-5-18(6-12-21)22-13-23(29-28-22)24(31)30-27-14-16-3-9-20(26)10-4-16/h1-14H,15H2,(H,28,29)(H,30,31)/b27-14+. The maximum absolute atomic E-state index is 12.9. The molecule has 0 saturated carbocycles. The minimum absolute atomic E-state index is 0.263. The Balaban J connectivity index is 1.33. The lowest BCUT2D eigenvalue weighted by molar-refractivity contribution is 0.0950. The van der Waals surface area contributed by atoms with Crippen LogP contribution in [0.15, 0.2) is 84.0 Å². The van der Waals surface area contributed by atoms with Crippen LogP contribution in [0.1, 0.15) is 21.6 Å². The molecule has 3 aromatic carbocycles. The predicted molar refractivity (Wildman–Crippen MR) is 121 cm³/mol. The van der Waals surface area contributed by atoms with E-state index in [1.54, 1.807) is 18.2 Å². The molecule has 0 unspecified atom stereocenters. The normalized spacial score (nSPS) is 10.9. The Morgan fingerprint density at radius 3 is 2.50 bits per heavy atom. The predicted octanol–water partition coefficient (Wildman–Crippen LogP) is 5.21. The highest BCUT2D eigenvalue weighted by Gasteiger charge is 2.10. The fraction of sp³-hybridized carbons (Fsp3) is 0.0417. The number of benzene rings is 3. The van der Waals surface area contributed by atoms with Gasteiger partial charge in [0, 0.05) is 10.6 Å². The van der Waals surface area contributed by atoms with Crippen molar-refractivity contribution in [1.29, 1.82) is 0 Å². The van der Waals surface area contributed by atoms with Gasteiger partial charge in [-0.1, -0.05) is 35.9 Å². The molecule has 0 bridgehead atoms. The third-order valence-electron chi connectivity index (χ3n) is 4.54. The molecule has 6 nitrogen and oxygen atoms in total. The van der Waals surface area contributed by atoms with Crippen LogP contribution in [0.5, 0.6) is 5.75 Å². The highest BCUT2D eigenvalue weighted by atomic mass is 35.5. The summed E-state index contributed by atoms with van der Waals surface area (Å²) in [7, 11) is 0. The average molecular weight is 449 g/mol. The molecule has 0 aliphatic rings. The monoisotopic (exact) mass is 448 g/mol. The van der Waals surface area contributed by atoms with Crippen LogP contribution < -0.4 is 10.2 Å². The molecule has 8 heteroatoms. The third kappa shape index (κ3) is 5.59. The molecule has 1 amide bonds. The number of hydrogen-bond acceptors (Lipinski definition) is 4. The number of aromatic amines is 1. The van der Waals surface area contributed by atoms with Gasteiger partial charge in [-0.05, 0) is 65.7 Å². The van der Waals surface area contributed by atoms with Crippen LogP contribution in [0.2, 0.25) is 5.02 Å². The number of carbonyl (C=O) groups excluding carboxylic acids is 1. The fourth-order valence-corrected chi connectivity index (χ4v) is 2.96. The van der Waals surface area contributed by atoms with E-state index in [0.717, 1.165) is 11.1 Å². The van der Waals surface area contributed by atoms with Gasteiger partial charge >= 0.3 is 0 Å². The van der Waals surface area contributed by atoms with Crippen molar-refractivity contribution in [2.45, 2.75) is 6.61 Å². The molecule has 32 heavy (non-hydrogen) atoms. The molecule has 0 radical (unpaired) electrons. The number of aromatic nitrogens is 2. The van der Waals surface area contributed by atoms with Crippen LogP contribution in [-0.2, 0) is 6.61 Å². The molecule has 4 aromatic rings. The molecule has 0 spiro atoms. The number of halogens is 2. The van der Waals surface area contributed by atoms with Gasteiger partial charge < -0.3 is 4.74 Å². The van der Waals surface area contributed by atoms with Crippen molar-refractivity contribution < 1.29 is 13.9 Å². The van der Waals surface area contributed by atoms with Crippen molar-refractivity contribution in [3.8, 4) is 17.0 Å². The van der Waals surface area contributed by atoms with E-state index in [9.17, 15) is 9.18 Å². The van der Waals surface area contributed by atoms with E-state index in [-0.39, 0.29) is 11.5 Å². The Bertz CT molecular complexity index is 1220. The molecular weight excluding hydrogens is 431 g/mol. The maximum Gasteiger partial charge on any atom is 0.289 e. The number of nitrogens with zero attached hydrogens (tertiary/aromatic N) is 2. The lowest BCUT2D eigenvalue weighted by Crippen LogP contribution is -2.17. The van der Waals surface area contributed by atoms with Gasteiger partial charge in [-0.3, -0.25) is 9.89 Å². The van der Waals surface area contributed by atoms with Crippen molar-refractivity contribution >= 4 is 23.7 Å². The first-order valence-electron chi connectivity index (χ1n) is 9.69. The number of H-pyrrole nitrogens is 1. The van der Waals surface area contributed by atoms with Crippen molar-refractivity contribution in [1.82, 2.24) is 15.6 Å². The van der Waals surface area contributed by atoms with Crippen LogP contribution in [-0.4, -0.2) is 22.3 Å². The summed E-state index contributed by atoms with van der Waals surface area (Å²) in [6, 6.07) is 22.3. The first kappa shape index (κ1) is 21.3. The van der Waals surface area contributed by atoms with E-state index < -0.39 is 5.91 Å². The van der Waals surface area contributed by atoms with Crippen molar-refractivity contribution in [3.63, 3.8) is 0 Å². The first-order chi connectivity index (χ1) is 15.6. The maximum atomic E-state index is 12.9. The summed E-state index contributed by atoms with van der Waals surface area (Å²) >= 11 is 5.89. The Morgan fingerprint density at radius 2 is 1.78 bits per heavy atom. The smallest absolute Gasteiger partial charge is 0.289 e. The van der Waals surface area contributed by atoms with Crippen LogP contribution >= 0.6 is 11.6 Å². The van der Waals surface area contributed by atoms with E-state index in [1.807, 2.05) is 48.5 Å². The number of carbonyl (C=O) groups is 1. The minimum atomic E-state index is -0.440. The molecule has 0 saturated heterocycles. The quantitative estimate of drug-likeness (QED) is 0.301. The summed E-state index contributed by atoms with van der Waals surface area (Å²) in [6.45, 7) is 0.432. The molecule has 0 aliphatic carbocycles. The lowest BCUT2D eigenvalue weighted by Gasteiger charge is -2.07. The summed E-state index contributed by atoms with van der Waals surface area (Å²) in [5.41, 5.74) is 5.79. The number of hydrogen-bond donors (Lipinski definition) is 2. The largest absolute Gasteiger partial charge is 0.489 e. The molecule has 2 N–H and O–H groups in total. The highest BCUT2D eigenvalue weighted by Crippen LogP contribution is 2.22. The van der Waals surface area contributed by atoms with E-state index in [2.05, 4.69) is 20.7 Å². The Kier molecular flexibility index (Phi) is 6.57. The molecule has 0 fully saturated rings. The lowest BCUT2D eigenvalue weighted by atomic mass is 10.1. The van der Waals surface area contributed by atoms with Crippen molar-refractivity contribution in [2.24, 2.45) is 5.10 Å². The molecule has 1 heterocycles. The van der Waals surface area contributed by atoms with Gasteiger partial charge in [0.05, 0.1) is 11.9 Å². The first-order valence-corrected chi connectivity index (χ1v) is 10.1. The van der Waals surface area contributed by atoms with E-state index in [1.165, 1.54) is 18.3 Å². The highest BCUT2D eigenvalue weighted by molar-refractivity contribution is 6.30. The zero-order valence-corrected chi connectivity index (χ0v) is 17.5. The number of ether oxygens (including phenoxy) is 1. The van der Waals surface area contributed by atoms with Gasteiger partial charge in [-0.15, -0.1) is 0 Å². The van der Waals surface area contributed by atoms with Gasteiger partial charge in [0.25, 0.3) is 5.91 Å². The Morgan fingerprint density at radius 1 is 1.06 bits per heavy atom. The van der Waals surface area contributed by atoms with Gasteiger partial charge in [0.2, 0.25) is 0 Å². The summed E-state index contributed by atoms with van der Waals surface area (Å²) in [4.78, 5) is 12.2. The summed E-state index contributed by atoms with van der Waals surface area (Å²) < 4.78 is 18.7. The zero-order valence-electron chi connectivity index (χ0n) is 16.8. The summed E-state index contributed by atoms with van der Waals surface area (Å²) in [5.74, 6) is -0.0605. The van der Waals surface area contributed by atoms with Crippen LogP contribution in [0, 0.1) is 5.82 Å². The van der Waals surface area contributed by atoms with Gasteiger partial charge in [-0.25, -0.2) is 9.82 Å². The molecule has 1 aromatic heterocycles. The van der Waals surface area contributed by atoms with Gasteiger partial charge in [0.15, 0.2) is 0 Å². The number of rotatable bonds is 7. The van der Waals surface area contributed by atoms with Crippen LogP contribution in [0.4, 0.5) is 4.39 Å². The molecule has 0 aliphatic heterocycles. The zero-order chi connectivity index (χ0) is 22.3. The molecular formula is C24H18ClFN4O2. The van der Waals surface area contributed by atoms with E-state index in [0.29, 0.717) is 28.6 Å². The summed E-state index contributed by atoms with van der Waals surface area (Å²) in [5, 5.41) is 11.4.